The second-order valence-corrected chi connectivity index (χ2v) is 6.03. The van der Waals surface area contributed by atoms with Crippen LogP contribution in [0, 0.1) is 15.0 Å². The maximum Gasteiger partial charge on any atom is 0.573 e. The Bertz CT molecular complexity index is 1290. The summed E-state index contributed by atoms with van der Waals surface area (Å²) in [5, 5.41) is 24.5. The molecule has 2 aromatic carbocycles. The standard InChI is InChI=1S/C17H9F3N4O5/c18-17(19,20)29-8-2-4-12-10(6-8)14(23-26)15(21-12)13-9-5-7(24(27)28)1-3-11(9)22-16(13)25/h1-6,21-22,25H. The zero-order valence-corrected chi connectivity index (χ0v) is 14.1. The van der Waals surface area contributed by atoms with Gasteiger partial charge in [-0.15, -0.1) is 18.1 Å². The summed E-state index contributed by atoms with van der Waals surface area (Å²) in [6, 6.07) is 7.08. The van der Waals surface area contributed by atoms with Gasteiger partial charge in [-0.2, -0.15) is 0 Å². The zero-order valence-electron chi connectivity index (χ0n) is 14.1. The average Bonchev–Trinajstić information content (AvgIpc) is 3.14. The van der Waals surface area contributed by atoms with Crippen molar-refractivity contribution in [1.29, 1.82) is 0 Å². The second-order valence-electron chi connectivity index (χ2n) is 6.03. The number of nitrogens with zero attached hydrogens (tertiary/aromatic N) is 2. The predicted molar refractivity (Wildman–Crippen MR) is 96.0 cm³/mol. The normalized spacial score (nSPS) is 11.8. The molecule has 0 bridgehead atoms. The lowest BCUT2D eigenvalue weighted by Crippen LogP contribution is -2.16. The third-order valence-electron chi connectivity index (χ3n) is 4.29. The summed E-state index contributed by atoms with van der Waals surface area (Å²) in [5.74, 6) is -0.956. The highest BCUT2D eigenvalue weighted by Gasteiger charge is 2.31. The van der Waals surface area contributed by atoms with Gasteiger partial charge in [-0.3, -0.25) is 10.1 Å². The maximum atomic E-state index is 12.5. The maximum absolute atomic E-state index is 12.5. The molecule has 12 heteroatoms. The molecule has 0 radical (unpaired) electrons. The number of aromatic hydroxyl groups is 1. The van der Waals surface area contributed by atoms with E-state index in [0.29, 0.717) is 5.52 Å². The van der Waals surface area contributed by atoms with E-state index in [1.165, 1.54) is 24.3 Å². The molecule has 148 valence electrons. The number of nitro benzene ring substituents is 1. The van der Waals surface area contributed by atoms with Crippen LogP contribution in [-0.2, 0) is 0 Å². The number of rotatable bonds is 4. The molecule has 2 aromatic heterocycles. The van der Waals surface area contributed by atoms with Gasteiger partial charge in [0, 0.05) is 33.9 Å². The number of nitro groups is 1. The smallest absolute Gasteiger partial charge is 0.494 e. The minimum atomic E-state index is -4.92. The number of hydrogen-bond acceptors (Lipinski definition) is 6. The molecular formula is C17H9F3N4O5. The van der Waals surface area contributed by atoms with Crippen LogP contribution in [0.25, 0.3) is 33.1 Å². The van der Waals surface area contributed by atoms with Gasteiger partial charge in [-0.05, 0) is 29.4 Å². The highest BCUT2D eigenvalue weighted by molar-refractivity contribution is 6.08. The third-order valence-corrected chi connectivity index (χ3v) is 4.29. The van der Waals surface area contributed by atoms with Crippen LogP contribution in [0.3, 0.4) is 0 Å². The lowest BCUT2D eigenvalue weighted by molar-refractivity contribution is -0.384. The first kappa shape index (κ1) is 18.3. The fourth-order valence-electron chi connectivity index (χ4n) is 3.16. The van der Waals surface area contributed by atoms with Crippen molar-refractivity contribution < 1.29 is 27.9 Å². The number of fused-ring (bicyclic) bond motifs is 2. The topological polar surface area (TPSA) is 134 Å². The van der Waals surface area contributed by atoms with Gasteiger partial charge in [0.25, 0.3) is 5.69 Å². The van der Waals surface area contributed by atoms with Gasteiger partial charge in [0.15, 0.2) is 5.88 Å². The van der Waals surface area contributed by atoms with E-state index in [-0.39, 0.29) is 38.9 Å². The van der Waals surface area contributed by atoms with Gasteiger partial charge in [-0.25, -0.2) is 0 Å². The van der Waals surface area contributed by atoms with Crippen molar-refractivity contribution in [3.63, 3.8) is 0 Å². The molecule has 4 aromatic rings. The van der Waals surface area contributed by atoms with Gasteiger partial charge in [0.05, 0.1) is 16.2 Å². The first-order chi connectivity index (χ1) is 13.7. The molecule has 3 N–H and O–H groups in total. The summed E-state index contributed by atoms with van der Waals surface area (Å²) in [4.78, 5) is 27.4. The quantitative estimate of drug-likeness (QED) is 0.242. The number of ether oxygens (including phenoxy) is 1. The molecule has 0 atom stereocenters. The molecule has 0 aliphatic carbocycles. The molecule has 0 saturated carbocycles. The van der Waals surface area contributed by atoms with Crippen LogP contribution in [0.1, 0.15) is 0 Å². The van der Waals surface area contributed by atoms with Crippen LogP contribution in [0.5, 0.6) is 11.6 Å². The number of non-ortho nitro benzene ring substituents is 1. The van der Waals surface area contributed by atoms with Crippen molar-refractivity contribution in [2.45, 2.75) is 6.36 Å². The number of halogens is 3. The van der Waals surface area contributed by atoms with Gasteiger partial charge < -0.3 is 19.8 Å². The van der Waals surface area contributed by atoms with Gasteiger partial charge >= 0.3 is 6.36 Å². The molecule has 0 aliphatic rings. The van der Waals surface area contributed by atoms with Gasteiger partial charge in [0.2, 0.25) is 0 Å². The fourth-order valence-corrected chi connectivity index (χ4v) is 3.16. The Morgan fingerprint density at radius 1 is 1.07 bits per heavy atom. The Hall–Kier alpha value is -4.09. The lowest BCUT2D eigenvalue weighted by atomic mass is 10.1. The Balaban J connectivity index is 1.96. The molecule has 4 rings (SSSR count). The molecule has 9 nitrogen and oxygen atoms in total. The van der Waals surface area contributed by atoms with E-state index in [0.717, 1.165) is 12.1 Å². The summed E-state index contributed by atoms with van der Waals surface area (Å²) >= 11 is 0. The number of nitrogens with one attached hydrogen (secondary N) is 2. The van der Waals surface area contributed by atoms with Crippen LogP contribution in [0.4, 0.5) is 24.5 Å². The molecule has 0 amide bonds. The molecule has 0 unspecified atom stereocenters. The molecule has 0 aliphatic heterocycles. The Morgan fingerprint density at radius 3 is 2.41 bits per heavy atom. The highest BCUT2D eigenvalue weighted by Crippen LogP contribution is 2.45. The number of aromatic nitrogens is 2. The summed E-state index contributed by atoms with van der Waals surface area (Å²) in [6.07, 6.45) is -4.92. The summed E-state index contributed by atoms with van der Waals surface area (Å²) in [6.45, 7) is 0. The van der Waals surface area contributed by atoms with Crippen LogP contribution in [-0.4, -0.2) is 26.4 Å². The van der Waals surface area contributed by atoms with Crippen LogP contribution in [0.2, 0.25) is 0 Å². The van der Waals surface area contributed by atoms with Crippen molar-refractivity contribution in [2.75, 3.05) is 0 Å². The van der Waals surface area contributed by atoms with Crippen LogP contribution < -0.4 is 4.74 Å². The molecule has 0 spiro atoms. The number of benzene rings is 2. The number of hydrogen-bond donors (Lipinski definition) is 3. The van der Waals surface area contributed by atoms with E-state index >= 15 is 0 Å². The van der Waals surface area contributed by atoms with E-state index < -0.39 is 22.9 Å². The Labute approximate surface area is 157 Å². The summed E-state index contributed by atoms with van der Waals surface area (Å²) in [7, 11) is 0. The summed E-state index contributed by atoms with van der Waals surface area (Å²) in [5.41, 5.74) is 0.0740. The van der Waals surface area contributed by atoms with E-state index in [9.17, 15) is 33.3 Å². The van der Waals surface area contributed by atoms with Crippen molar-refractivity contribution in [1.82, 2.24) is 9.97 Å². The number of nitroso groups, excluding NO2 is 1. The lowest BCUT2D eigenvalue weighted by Gasteiger charge is -2.08. The first-order valence-electron chi connectivity index (χ1n) is 7.92. The van der Waals surface area contributed by atoms with Crippen LogP contribution >= 0.6 is 0 Å². The van der Waals surface area contributed by atoms with Crippen LogP contribution in [0.15, 0.2) is 41.6 Å². The number of aromatic amines is 2. The molecule has 0 saturated heterocycles. The molecule has 0 fully saturated rings. The minimum Gasteiger partial charge on any atom is -0.494 e. The minimum absolute atomic E-state index is 0.0107. The number of alkyl halides is 3. The number of H-pyrrole nitrogens is 2. The monoisotopic (exact) mass is 406 g/mol. The Kier molecular flexibility index (Phi) is 3.92. The SMILES string of the molecule is O=Nc1c(-c2c(O)[nH]c3ccc([N+](=O)[O-])cc23)[nH]c2ccc(OC(F)(F)F)cc12. The highest BCUT2D eigenvalue weighted by atomic mass is 19.4. The molecular weight excluding hydrogens is 397 g/mol. The van der Waals surface area contributed by atoms with Crippen molar-refractivity contribution in [2.24, 2.45) is 5.18 Å². The molecule has 29 heavy (non-hydrogen) atoms. The third kappa shape index (κ3) is 3.09. The Morgan fingerprint density at radius 2 is 1.76 bits per heavy atom. The van der Waals surface area contributed by atoms with E-state index in [4.69, 9.17) is 0 Å². The van der Waals surface area contributed by atoms with E-state index in [1.54, 1.807) is 0 Å². The molecule has 2 heterocycles. The second kappa shape index (κ2) is 6.22. The van der Waals surface area contributed by atoms with Gasteiger partial charge in [0.1, 0.15) is 11.4 Å². The largest absolute Gasteiger partial charge is 0.573 e. The zero-order chi connectivity index (χ0) is 20.9. The van der Waals surface area contributed by atoms with Gasteiger partial charge in [-0.1, -0.05) is 0 Å². The average molecular weight is 406 g/mol. The van der Waals surface area contributed by atoms with E-state index in [1.807, 2.05) is 0 Å². The first-order valence-corrected chi connectivity index (χ1v) is 7.92. The van der Waals surface area contributed by atoms with Crippen molar-refractivity contribution in [3.05, 3.63) is 51.4 Å². The predicted octanol–water partition coefficient (Wildman–Crippen LogP) is 5.23. The summed E-state index contributed by atoms with van der Waals surface area (Å²) < 4.78 is 41.3. The van der Waals surface area contributed by atoms with Crippen molar-refractivity contribution in [3.8, 4) is 22.9 Å². The van der Waals surface area contributed by atoms with Crippen molar-refractivity contribution >= 4 is 33.2 Å². The van der Waals surface area contributed by atoms with E-state index in [2.05, 4.69) is 19.9 Å². The fraction of sp³-hybridized carbons (Fsp3) is 0.0588.